The Bertz CT molecular complexity index is 461. The predicted octanol–water partition coefficient (Wildman–Crippen LogP) is 2.51. The standard InChI is InChI=1S/C12H12BrClO4/c13-2-1-10(15)8-3-7(6-14)4-9(5-8)11(16)12(17)18/h3-5,11,16H,1-2,6H2,(H,17,18). The number of benzene rings is 1. The van der Waals surface area contributed by atoms with Crippen molar-refractivity contribution >= 4 is 39.3 Å². The van der Waals surface area contributed by atoms with E-state index in [1.54, 1.807) is 6.07 Å². The Labute approximate surface area is 118 Å². The molecule has 2 N–H and O–H groups in total. The number of hydrogen-bond donors (Lipinski definition) is 2. The molecule has 0 aliphatic heterocycles. The van der Waals surface area contributed by atoms with Crippen LogP contribution in [0.1, 0.15) is 34.0 Å². The summed E-state index contributed by atoms with van der Waals surface area (Å²) in [5, 5.41) is 18.8. The van der Waals surface area contributed by atoms with Crippen molar-refractivity contribution in [2.45, 2.75) is 18.4 Å². The first-order valence-electron chi connectivity index (χ1n) is 5.19. The average molecular weight is 336 g/mol. The van der Waals surface area contributed by atoms with Gasteiger partial charge in [-0.05, 0) is 23.3 Å². The molecule has 0 heterocycles. The van der Waals surface area contributed by atoms with Crippen molar-refractivity contribution in [3.8, 4) is 0 Å². The highest BCUT2D eigenvalue weighted by atomic mass is 79.9. The zero-order chi connectivity index (χ0) is 13.7. The van der Waals surface area contributed by atoms with E-state index in [0.717, 1.165) is 0 Å². The first kappa shape index (κ1) is 15.1. The average Bonchev–Trinajstić information content (AvgIpc) is 2.37. The number of rotatable bonds is 6. The number of hydrogen-bond acceptors (Lipinski definition) is 3. The molecule has 6 heteroatoms. The third-order valence-corrected chi connectivity index (χ3v) is 3.07. The Balaban J connectivity index is 3.16. The minimum absolute atomic E-state index is 0.127. The van der Waals surface area contributed by atoms with Crippen molar-refractivity contribution in [1.29, 1.82) is 0 Å². The first-order chi connectivity index (χ1) is 8.49. The molecule has 1 aromatic rings. The van der Waals surface area contributed by atoms with E-state index in [2.05, 4.69) is 15.9 Å². The monoisotopic (exact) mass is 334 g/mol. The van der Waals surface area contributed by atoms with Gasteiger partial charge in [-0.1, -0.05) is 22.0 Å². The van der Waals surface area contributed by atoms with Gasteiger partial charge in [-0.15, -0.1) is 11.6 Å². The molecule has 0 aliphatic carbocycles. The lowest BCUT2D eigenvalue weighted by molar-refractivity contribution is -0.146. The smallest absolute Gasteiger partial charge is 0.337 e. The van der Waals surface area contributed by atoms with Crippen molar-refractivity contribution in [1.82, 2.24) is 0 Å². The molecule has 0 aliphatic rings. The lowest BCUT2D eigenvalue weighted by atomic mass is 9.99. The van der Waals surface area contributed by atoms with Gasteiger partial charge in [-0.3, -0.25) is 4.79 Å². The second kappa shape index (κ2) is 6.87. The number of Topliss-reactive ketones (excluding diaryl/α,β-unsaturated/α-hetero) is 1. The van der Waals surface area contributed by atoms with Gasteiger partial charge in [-0.25, -0.2) is 4.79 Å². The third-order valence-electron chi connectivity index (χ3n) is 2.36. The second-order valence-corrected chi connectivity index (χ2v) is 4.76. The summed E-state index contributed by atoms with van der Waals surface area (Å²) in [4.78, 5) is 22.5. The molecule has 0 saturated carbocycles. The van der Waals surface area contributed by atoms with Gasteiger partial charge in [0.1, 0.15) is 0 Å². The Hall–Kier alpha value is -0.910. The summed E-state index contributed by atoms with van der Waals surface area (Å²) in [7, 11) is 0. The Kier molecular flexibility index (Phi) is 5.78. The van der Waals surface area contributed by atoms with Crippen LogP contribution in [0, 0.1) is 0 Å². The quantitative estimate of drug-likeness (QED) is 0.619. The SMILES string of the molecule is O=C(CCBr)c1cc(CCl)cc(C(O)C(=O)O)c1. The molecule has 98 valence electrons. The number of alkyl halides is 2. The molecule has 1 unspecified atom stereocenters. The molecule has 0 saturated heterocycles. The van der Waals surface area contributed by atoms with Crippen molar-refractivity contribution < 1.29 is 19.8 Å². The highest BCUT2D eigenvalue weighted by molar-refractivity contribution is 9.09. The summed E-state index contributed by atoms with van der Waals surface area (Å²) in [6, 6.07) is 4.48. The maximum Gasteiger partial charge on any atom is 0.337 e. The number of ketones is 1. The number of carboxylic acids is 1. The lowest BCUT2D eigenvalue weighted by Gasteiger charge is -2.10. The van der Waals surface area contributed by atoms with Crippen LogP contribution in [-0.2, 0) is 10.7 Å². The first-order valence-corrected chi connectivity index (χ1v) is 6.85. The topological polar surface area (TPSA) is 74.6 Å². The van der Waals surface area contributed by atoms with Crippen LogP contribution in [0.4, 0.5) is 0 Å². The molecule has 18 heavy (non-hydrogen) atoms. The zero-order valence-corrected chi connectivity index (χ0v) is 11.7. The van der Waals surface area contributed by atoms with Gasteiger partial charge in [0.2, 0.25) is 0 Å². The molecule has 0 bridgehead atoms. The molecule has 1 atom stereocenters. The van der Waals surface area contributed by atoms with E-state index in [4.69, 9.17) is 16.7 Å². The van der Waals surface area contributed by atoms with E-state index in [-0.39, 0.29) is 17.2 Å². The minimum atomic E-state index is -1.65. The summed E-state index contributed by atoms with van der Waals surface area (Å²) in [6.45, 7) is 0. The zero-order valence-electron chi connectivity index (χ0n) is 9.40. The molecule has 0 spiro atoms. The van der Waals surface area contributed by atoms with Crippen LogP contribution in [0.5, 0.6) is 0 Å². The largest absolute Gasteiger partial charge is 0.479 e. The van der Waals surface area contributed by atoms with Crippen molar-refractivity contribution in [2.24, 2.45) is 0 Å². The van der Waals surface area contributed by atoms with Crippen LogP contribution in [-0.4, -0.2) is 27.3 Å². The number of aliphatic carboxylic acids is 1. The van der Waals surface area contributed by atoms with Gasteiger partial charge >= 0.3 is 5.97 Å². The Morgan fingerprint density at radius 2 is 2.00 bits per heavy atom. The van der Waals surface area contributed by atoms with E-state index >= 15 is 0 Å². The molecular formula is C12H12BrClO4. The number of carbonyl (C=O) groups excluding carboxylic acids is 1. The van der Waals surface area contributed by atoms with Crippen molar-refractivity contribution in [3.63, 3.8) is 0 Å². The summed E-state index contributed by atoms with van der Waals surface area (Å²) >= 11 is 8.85. The molecular weight excluding hydrogens is 323 g/mol. The van der Waals surface area contributed by atoms with Crippen LogP contribution in [0.3, 0.4) is 0 Å². The van der Waals surface area contributed by atoms with Crippen LogP contribution in [0.2, 0.25) is 0 Å². The molecule has 4 nitrogen and oxygen atoms in total. The molecule has 1 aromatic carbocycles. The van der Waals surface area contributed by atoms with E-state index < -0.39 is 12.1 Å². The highest BCUT2D eigenvalue weighted by Gasteiger charge is 2.18. The van der Waals surface area contributed by atoms with Gasteiger partial charge < -0.3 is 10.2 Å². The summed E-state index contributed by atoms with van der Waals surface area (Å²) in [6.07, 6.45) is -1.35. The fourth-order valence-electron chi connectivity index (χ4n) is 1.49. The molecule has 0 radical (unpaired) electrons. The fourth-order valence-corrected chi connectivity index (χ4v) is 2.00. The van der Waals surface area contributed by atoms with Crippen LogP contribution >= 0.6 is 27.5 Å². The van der Waals surface area contributed by atoms with Crippen LogP contribution < -0.4 is 0 Å². The minimum Gasteiger partial charge on any atom is -0.479 e. The van der Waals surface area contributed by atoms with Gasteiger partial charge in [0.05, 0.1) is 0 Å². The van der Waals surface area contributed by atoms with Gasteiger partial charge in [0.15, 0.2) is 11.9 Å². The molecule has 1 rings (SSSR count). The molecule has 0 aromatic heterocycles. The second-order valence-electron chi connectivity index (χ2n) is 3.70. The number of carbonyl (C=O) groups is 2. The summed E-state index contributed by atoms with van der Waals surface area (Å²) in [5.74, 6) is -1.34. The number of aliphatic hydroxyl groups is 1. The van der Waals surface area contributed by atoms with Crippen molar-refractivity contribution in [3.05, 3.63) is 34.9 Å². The summed E-state index contributed by atoms with van der Waals surface area (Å²) in [5.41, 5.74) is 1.13. The lowest BCUT2D eigenvalue weighted by Crippen LogP contribution is -2.12. The predicted molar refractivity (Wildman–Crippen MR) is 71.3 cm³/mol. The van der Waals surface area contributed by atoms with E-state index in [1.165, 1.54) is 12.1 Å². The van der Waals surface area contributed by atoms with Gasteiger partial charge in [0.25, 0.3) is 0 Å². The van der Waals surface area contributed by atoms with E-state index in [9.17, 15) is 14.7 Å². The normalized spacial score (nSPS) is 12.2. The molecule has 0 amide bonds. The third kappa shape index (κ3) is 3.80. The number of carboxylic acid groups (broad SMARTS) is 1. The highest BCUT2D eigenvalue weighted by Crippen LogP contribution is 2.20. The Morgan fingerprint density at radius 3 is 2.50 bits per heavy atom. The molecule has 0 fully saturated rings. The van der Waals surface area contributed by atoms with Gasteiger partial charge in [0, 0.05) is 23.2 Å². The maximum absolute atomic E-state index is 11.8. The van der Waals surface area contributed by atoms with Gasteiger partial charge in [-0.2, -0.15) is 0 Å². The van der Waals surface area contributed by atoms with E-state index in [1.807, 2.05) is 0 Å². The fraction of sp³-hybridized carbons (Fsp3) is 0.333. The maximum atomic E-state index is 11.8. The van der Waals surface area contributed by atoms with Crippen molar-refractivity contribution in [2.75, 3.05) is 5.33 Å². The Morgan fingerprint density at radius 1 is 1.33 bits per heavy atom. The summed E-state index contributed by atoms with van der Waals surface area (Å²) < 4.78 is 0. The van der Waals surface area contributed by atoms with E-state index in [0.29, 0.717) is 22.9 Å². The number of aliphatic hydroxyl groups excluding tert-OH is 1. The number of halogens is 2. The van der Waals surface area contributed by atoms with Crippen LogP contribution in [0.15, 0.2) is 18.2 Å². The van der Waals surface area contributed by atoms with Crippen LogP contribution in [0.25, 0.3) is 0 Å².